The first-order valence-corrected chi connectivity index (χ1v) is 7.99. The van der Waals surface area contributed by atoms with Gasteiger partial charge >= 0.3 is 0 Å². The van der Waals surface area contributed by atoms with Crippen molar-refractivity contribution in [2.24, 2.45) is 0 Å². The summed E-state index contributed by atoms with van der Waals surface area (Å²) in [6.45, 7) is 0. The molecule has 0 aliphatic rings. The van der Waals surface area contributed by atoms with Crippen LogP contribution in [0.5, 0.6) is 0 Å². The van der Waals surface area contributed by atoms with E-state index >= 15 is 0 Å². The summed E-state index contributed by atoms with van der Waals surface area (Å²) in [7, 11) is 0. The molecule has 0 radical (unpaired) electrons. The monoisotopic (exact) mass is 300 g/mol. The molecule has 5 heteroatoms. The third kappa shape index (κ3) is 3.00. The van der Waals surface area contributed by atoms with Gasteiger partial charge in [0.15, 0.2) is 0 Å². The number of amides is 1. The van der Waals surface area contributed by atoms with Gasteiger partial charge in [-0.3, -0.25) is 9.78 Å². The van der Waals surface area contributed by atoms with Crippen molar-refractivity contribution >= 4 is 45.6 Å². The summed E-state index contributed by atoms with van der Waals surface area (Å²) in [5, 5.41) is 5.93. The second-order valence-electron chi connectivity index (χ2n) is 4.14. The molecule has 20 heavy (non-hydrogen) atoms. The van der Waals surface area contributed by atoms with Crippen LogP contribution in [-0.4, -0.2) is 16.6 Å². The number of pyridine rings is 1. The fourth-order valence-corrected chi connectivity index (χ4v) is 3.47. The molecule has 3 aromatic rings. The lowest BCUT2D eigenvalue weighted by molar-refractivity contribution is -0.113. The molecule has 0 unspecified atom stereocenters. The molecule has 3 rings (SSSR count). The van der Waals surface area contributed by atoms with Crippen molar-refractivity contribution in [3.8, 4) is 0 Å². The molecule has 0 saturated heterocycles. The topological polar surface area (TPSA) is 42.0 Å². The van der Waals surface area contributed by atoms with Gasteiger partial charge in [0.2, 0.25) is 5.91 Å². The SMILES string of the molecule is O=C(CSc1cccs1)Nc1cccc2ncccc12. The van der Waals surface area contributed by atoms with Crippen LogP contribution >= 0.6 is 23.1 Å². The Morgan fingerprint density at radius 1 is 1.20 bits per heavy atom. The Morgan fingerprint density at radius 3 is 3.00 bits per heavy atom. The molecule has 100 valence electrons. The molecule has 3 nitrogen and oxygen atoms in total. The minimum absolute atomic E-state index is 0.000229. The Balaban J connectivity index is 1.71. The molecule has 0 saturated carbocycles. The van der Waals surface area contributed by atoms with Gasteiger partial charge in [0.25, 0.3) is 0 Å². The smallest absolute Gasteiger partial charge is 0.234 e. The summed E-state index contributed by atoms with van der Waals surface area (Å²) in [6.07, 6.45) is 1.75. The maximum absolute atomic E-state index is 12.0. The van der Waals surface area contributed by atoms with E-state index in [1.54, 1.807) is 29.3 Å². The lowest BCUT2D eigenvalue weighted by Gasteiger charge is -2.07. The molecule has 0 spiro atoms. The van der Waals surface area contributed by atoms with Crippen molar-refractivity contribution in [3.05, 3.63) is 54.0 Å². The average Bonchev–Trinajstić information content (AvgIpc) is 2.99. The maximum atomic E-state index is 12.0. The van der Waals surface area contributed by atoms with Gasteiger partial charge in [-0.2, -0.15) is 0 Å². The zero-order chi connectivity index (χ0) is 13.8. The van der Waals surface area contributed by atoms with Crippen molar-refractivity contribution in [1.29, 1.82) is 0 Å². The fraction of sp³-hybridized carbons (Fsp3) is 0.0667. The Bertz CT molecular complexity index is 720. The second kappa shape index (κ2) is 6.07. The highest BCUT2D eigenvalue weighted by atomic mass is 32.2. The highest BCUT2D eigenvalue weighted by Gasteiger charge is 2.07. The number of carbonyl (C=O) groups excluding carboxylic acids is 1. The molecule has 2 aromatic heterocycles. The number of nitrogens with one attached hydrogen (secondary N) is 1. The molecule has 0 aliphatic carbocycles. The number of thiophene rings is 1. The van der Waals surface area contributed by atoms with Gasteiger partial charge in [0.05, 0.1) is 21.2 Å². The number of hydrogen-bond acceptors (Lipinski definition) is 4. The lowest BCUT2D eigenvalue weighted by Crippen LogP contribution is -2.14. The van der Waals surface area contributed by atoms with E-state index in [1.165, 1.54) is 0 Å². The van der Waals surface area contributed by atoms with E-state index in [0.717, 1.165) is 20.8 Å². The Morgan fingerprint density at radius 2 is 2.15 bits per heavy atom. The molecule has 0 aliphatic heterocycles. The number of thioether (sulfide) groups is 1. The summed E-state index contributed by atoms with van der Waals surface area (Å²) >= 11 is 3.20. The van der Waals surface area contributed by atoms with Crippen LogP contribution in [-0.2, 0) is 4.79 Å². The molecular formula is C15H12N2OS2. The van der Waals surface area contributed by atoms with Gasteiger partial charge in [-0.1, -0.05) is 12.1 Å². The molecule has 1 N–H and O–H groups in total. The Labute approximate surface area is 125 Å². The fourth-order valence-electron chi connectivity index (χ4n) is 1.88. The van der Waals surface area contributed by atoms with Crippen molar-refractivity contribution in [3.63, 3.8) is 0 Å². The number of carbonyl (C=O) groups is 1. The molecule has 0 fully saturated rings. The summed E-state index contributed by atoms with van der Waals surface area (Å²) in [4.78, 5) is 16.3. The van der Waals surface area contributed by atoms with Crippen LogP contribution in [0.1, 0.15) is 0 Å². The molecule has 1 aromatic carbocycles. The van der Waals surface area contributed by atoms with Gasteiger partial charge in [0, 0.05) is 11.6 Å². The summed E-state index contributed by atoms with van der Waals surface area (Å²) < 4.78 is 1.15. The van der Waals surface area contributed by atoms with E-state index in [0.29, 0.717) is 5.75 Å². The minimum atomic E-state index is -0.000229. The van der Waals surface area contributed by atoms with E-state index in [9.17, 15) is 4.79 Å². The zero-order valence-electron chi connectivity index (χ0n) is 10.6. The predicted molar refractivity (Wildman–Crippen MR) is 85.4 cm³/mol. The molecule has 1 amide bonds. The summed E-state index contributed by atoms with van der Waals surface area (Å²) in [5.74, 6) is 0.414. The first kappa shape index (κ1) is 13.1. The van der Waals surface area contributed by atoms with Gasteiger partial charge < -0.3 is 5.32 Å². The quantitative estimate of drug-likeness (QED) is 0.740. The standard InChI is InChI=1S/C15H12N2OS2/c18-14(10-20-15-7-3-9-19-15)17-13-6-1-5-12-11(13)4-2-8-16-12/h1-9H,10H2,(H,17,18). The van der Waals surface area contributed by atoms with Gasteiger partial charge in [-0.15, -0.1) is 23.1 Å². The molecular weight excluding hydrogens is 288 g/mol. The predicted octanol–water partition coefficient (Wildman–Crippen LogP) is 4.03. The second-order valence-corrected chi connectivity index (χ2v) is 6.37. The number of benzene rings is 1. The zero-order valence-corrected chi connectivity index (χ0v) is 12.2. The van der Waals surface area contributed by atoms with Crippen LogP contribution in [0.3, 0.4) is 0 Å². The van der Waals surface area contributed by atoms with Crippen LogP contribution in [0.2, 0.25) is 0 Å². The highest BCUT2D eigenvalue weighted by Crippen LogP contribution is 2.25. The van der Waals surface area contributed by atoms with Crippen molar-refractivity contribution in [1.82, 2.24) is 4.98 Å². The number of aromatic nitrogens is 1. The maximum Gasteiger partial charge on any atom is 0.234 e. The number of hydrogen-bond donors (Lipinski definition) is 1. The van der Waals surface area contributed by atoms with Gasteiger partial charge in [-0.25, -0.2) is 0 Å². The van der Waals surface area contributed by atoms with Crippen LogP contribution in [0.25, 0.3) is 10.9 Å². The molecule has 0 bridgehead atoms. The molecule has 2 heterocycles. The highest BCUT2D eigenvalue weighted by molar-refractivity contribution is 8.01. The van der Waals surface area contributed by atoms with Crippen molar-refractivity contribution in [2.75, 3.05) is 11.1 Å². The number of fused-ring (bicyclic) bond motifs is 1. The third-order valence-corrected chi connectivity index (χ3v) is 4.89. The van der Waals surface area contributed by atoms with Gasteiger partial charge in [-0.05, 0) is 35.7 Å². The van der Waals surface area contributed by atoms with Crippen LogP contribution in [0, 0.1) is 0 Å². The lowest BCUT2D eigenvalue weighted by atomic mass is 10.2. The van der Waals surface area contributed by atoms with Crippen LogP contribution in [0.15, 0.2) is 58.3 Å². The van der Waals surface area contributed by atoms with Crippen LogP contribution < -0.4 is 5.32 Å². The first-order valence-electron chi connectivity index (χ1n) is 6.13. The van der Waals surface area contributed by atoms with E-state index < -0.39 is 0 Å². The first-order chi connectivity index (χ1) is 9.83. The van der Waals surface area contributed by atoms with E-state index in [-0.39, 0.29) is 5.91 Å². The number of anilines is 1. The largest absolute Gasteiger partial charge is 0.325 e. The molecule has 0 atom stereocenters. The van der Waals surface area contributed by atoms with Crippen molar-refractivity contribution < 1.29 is 4.79 Å². The van der Waals surface area contributed by atoms with Gasteiger partial charge in [0.1, 0.15) is 0 Å². The summed E-state index contributed by atoms with van der Waals surface area (Å²) in [5.41, 5.74) is 1.70. The van der Waals surface area contributed by atoms with Crippen LogP contribution in [0.4, 0.5) is 5.69 Å². The summed E-state index contributed by atoms with van der Waals surface area (Å²) in [6, 6.07) is 13.6. The number of rotatable bonds is 4. The third-order valence-electron chi connectivity index (χ3n) is 2.76. The Hall–Kier alpha value is -1.85. The number of nitrogens with zero attached hydrogens (tertiary/aromatic N) is 1. The van der Waals surface area contributed by atoms with E-state index in [1.807, 2.05) is 47.8 Å². The Kier molecular flexibility index (Phi) is 3.99. The van der Waals surface area contributed by atoms with Crippen molar-refractivity contribution in [2.45, 2.75) is 4.21 Å². The van der Waals surface area contributed by atoms with E-state index in [2.05, 4.69) is 10.3 Å². The minimum Gasteiger partial charge on any atom is -0.325 e. The average molecular weight is 300 g/mol. The van der Waals surface area contributed by atoms with E-state index in [4.69, 9.17) is 0 Å². The normalized spacial score (nSPS) is 10.6.